The van der Waals surface area contributed by atoms with Gasteiger partial charge < -0.3 is 24.8 Å². The molecule has 0 aliphatic carbocycles. The number of nitrogens with one attached hydrogen (secondary N) is 2. The van der Waals surface area contributed by atoms with Crippen molar-refractivity contribution in [1.82, 2.24) is 24.8 Å². The molecule has 1 aliphatic heterocycles. The number of nitrogens with zero attached hydrogens (tertiary/aromatic N) is 4. The van der Waals surface area contributed by atoms with E-state index in [1.807, 2.05) is 48.2 Å². The molecule has 1 saturated heterocycles. The lowest BCUT2D eigenvalue weighted by atomic mass is 10.2. The Labute approximate surface area is 204 Å². The van der Waals surface area contributed by atoms with E-state index in [9.17, 15) is 4.79 Å². The molecule has 2 N–H and O–H groups in total. The van der Waals surface area contributed by atoms with Crippen molar-refractivity contribution in [2.45, 2.75) is 12.5 Å². The van der Waals surface area contributed by atoms with E-state index < -0.39 is 0 Å². The number of amides is 1. The van der Waals surface area contributed by atoms with Gasteiger partial charge in [0.1, 0.15) is 30.1 Å². The standard InChI is InChI=1S/C25H27ClN6O2/c1-31(2)12-5-10-23(33)32-13-11-19(16-32)30-25-20-15-18(29-24(20)27-17-28-25)7-6-14-34-22-9-4-3-8-21(22)26/h3-5,8-10,15,17,19H,11-14,16H2,1-2H3,(H2,27,28,29,30)/b10-5+. The number of carbonyl (C=O) groups is 1. The highest BCUT2D eigenvalue weighted by Gasteiger charge is 2.25. The maximum Gasteiger partial charge on any atom is 0.246 e. The van der Waals surface area contributed by atoms with Gasteiger partial charge in [-0.25, -0.2) is 9.97 Å². The van der Waals surface area contributed by atoms with Gasteiger partial charge in [-0.1, -0.05) is 35.7 Å². The fourth-order valence-corrected chi connectivity index (χ4v) is 3.86. The Balaban J connectivity index is 1.37. The molecule has 0 bridgehead atoms. The second kappa shape index (κ2) is 11.1. The number of carbonyl (C=O) groups excluding carboxylic acids is 1. The molecule has 4 rings (SSSR count). The van der Waals surface area contributed by atoms with Crippen molar-refractivity contribution in [3.8, 4) is 17.6 Å². The van der Waals surface area contributed by atoms with Crippen LogP contribution in [-0.4, -0.2) is 77.0 Å². The molecule has 1 unspecified atom stereocenters. The number of benzene rings is 1. The molecule has 1 atom stereocenters. The minimum absolute atomic E-state index is 0.0391. The van der Waals surface area contributed by atoms with Crippen molar-refractivity contribution >= 4 is 34.4 Å². The summed E-state index contributed by atoms with van der Waals surface area (Å²) in [6, 6.07) is 9.33. The zero-order valence-electron chi connectivity index (χ0n) is 19.2. The van der Waals surface area contributed by atoms with E-state index in [0.717, 1.165) is 29.9 Å². The minimum Gasteiger partial charge on any atom is -0.479 e. The predicted octanol–water partition coefficient (Wildman–Crippen LogP) is 3.17. The van der Waals surface area contributed by atoms with Gasteiger partial charge in [-0.2, -0.15) is 0 Å². The molecule has 176 valence electrons. The van der Waals surface area contributed by atoms with Crippen molar-refractivity contribution in [3.05, 3.63) is 59.5 Å². The van der Waals surface area contributed by atoms with Gasteiger partial charge in [-0.05, 0) is 44.6 Å². The van der Waals surface area contributed by atoms with Crippen molar-refractivity contribution < 1.29 is 9.53 Å². The molecule has 34 heavy (non-hydrogen) atoms. The van der Waals surface area contributed by atoms with Crippen LogP contribution in [0.3, 0.4) is 0 Å². The first-order valence-electron chi connectivity index (χ1n) is 11.1. The normalized spacial score (nSPS) is 15.6. The van der Waals surface area contributed by atoms with Crippen molar-refractivity contribution in [2.75, 3.05) is 45.7 Å². The van der Waals surface area contributed by atoms with Crippen LogP contribution < -0.4 is 10.1 Å². The highest BCUT2D eigenvalue weighted by atomic mass is 35.5. The first-order chi connectivity index (χ1) is 16.5. The Kier molecular flexibility index (Phi) is 7.68. The summed E-state index contributed by atoms with van der Waals surface area (Å²) in [6.07, 6.45) is 5.91. The Morgan fingerprint density at radius 2 is 2.24 bits per heavy atom. The van der Waals surface area contributed by atoms with Crippen LogP contribution in [0.1, 0.15) is 12.1 Å². The van der Waals surface area contributed by atoms with Crippen LogP contribution in [0.4, 0.5) is 5.82 Å². The lowest BCUT2D eigenvalue weighted by molar-refractivity contribution is -0.125. The van der Waals surface area contributed by atoms with Gasteiger partial charge in [-0.15, -0.1) is 0 Å². The van der Waals surface area contributed by atoms with Gasteiger partial charge in [0.15, 0.2) is 0 Å². The largest absolute Gasteiger partial charge is 0.479 e. The summed E-state index contributed by atoms with van der Waals surface area (Å²) in [7, 11) is 3.94. The zero-order valence-corrected chi connectivity index (χ0v) is 20.0. The van der Waals surface area contributed by atoms with Crippen molar-refractivity contribution in [3.63, 3.8) is 0 Å². The molecule has 1 amide bonds. The van der Waals surface area contributed by atoms with Gasteiger partial charge in [0.05, 0.1) is 16.1 Å². The summed E-state index contributed by atoms with van der Waals surface area (Å²) in [5.74, 6) is 7.42. The van der Waals surface area contributed by atoms with E-state index in [2.05, 4.69) is 32.1 Å². The van der Waals surface area contributed by atoms with Crippen molar-refractivity contribution in [2.24, 2.45) is 0 Å². The molecule has 0 spiro atoms. The lowest BCUT2D eigenvalue weighted by Gasteiger charge is -2.16. The maximum absolute atomic E-state index is 12.4. The van der Waals surface area contributed by atoms with Crippen LogP contribution in [0.15, 0.2) is 48.8 Å². The molecule has 9 heteroatoms. The topological polar surface area (TPSA) is 86.4 Å². The Bertz CT molecular complexity index is 1240. The van der Waals surface area contributed by atoms with Crippen LogP contribution in [0.5, 0.6) is 5.75 Å². The van der Waals surface area contributed by atoms with E-state index in [1.54, 1.807) is 18.2 Å². The van der Waals surface area contributed by atoms with E-state index in [1.165, 1.54) is 6.33 Å². The Morgan fingerprint density at radius 3 is 3.06 bits per heavy atom. The predicted molar refractivity (Wildman–Crippen MR) is 134 cm³/mol. The summed E-state index contributed by atoms with van der Waals surface area (Å²) in [6.45, 7) is 2.30. The second-order valence-corrected chi connectivity index (χ2v) is 8.67. The van der Waals surface area contributed by atoms with Gasteiger partial charge in [0.2, 0.25) is 5.91 Å². The number of rotatable bonds is 7. The lowest BCUT2D eigenvalue weighted by Crippen LogP contribution is -2.30. The number of aromatic nitrogens is 3. The number of hydrogen-bond acceptors (Lipinski definition) is 6. The second-order valence-electron chi connectivity index (χ2n) is 8.27. The molecule has 2 aromatic heterocycles. The fraction of sp³-hybridized carbons (Fsp3) is 0.320. The number of para-hydroxylation sites is 1. The van der Waals surface area contributed by atoms with Crippen LogP contribution in [0, 0.1) is 11.8 Å². The quantitative estimate of drug-likeness (QED) is 0.400. The molecule has 3 aromatic rings. The molecule has 0 saturated carbocycles. The van der Waals surface area contributed by atoms with Crippen LogP contribution >= 0.6 is 11.6 Å². The van der Waals surface area contributed by atoms with Gasteiger partial charge >= 0.3 is 0 Å². The molecule has 3 heterocycles. The van der Waals surface area contributed by atoms with Gasteiger partial charge in [0.25, 0.3) is 0 Å². The minimum atomic E-state index is 0.0391. The van der Waals surface area contributed by atoms with Gasteiger partial charge in [-0.3, -0.25) is 4.79 Å². The van der Waals surface area contributed by atoms with Gasteiger partial charge in [0, 0.05) is 31.8 Å². The molecule has 1 fully saturated rings. The molecular weight excluding hydrogens is 452 g/mol. The number of ether oxygens (including phenoxy) is 1. The first-order valence-corrected chi connectivity index (χ1v) is 11.4. The van der Waals surface area contributed by atoms with Crippen molar-refractivity contribution in [1.29, 1.82) is 0 Å². The summed E-state index contributed by atoms with van der Waals surface area (Å²) in [4.78, 5) is 28.2. The highest BCUT2D eigenvalue weighted by molar-refractivity contribution is 6.32. The Hall–Kier alpha value is -3.54. The van der Waals surface area contributed by atoms with Crippen LogP contribution in [-0.2, 0) is 4.79 Å². The van der Waals surface area contributed by atoms with E-state index in [4.69, 9.17) is 16.3 Å². The third kappa shape index (κ3) is 6.07. The van der Waals surface area contributed by atoms with E-state index >= 15 is 0 Å². The van der Waals surface area contributed by atoms with E-state index in [0.29, 0.717) is 29.5 Å². The smallest absolute Gasteiger partial charge is 0.246 e. The number of anilines is 1. The molecule has 1 aromatic carbocycles. The first kappa shape index (κ1) is 23.6. The molecule has 8 nitrogen and oxygen atoms in total. The highest BCUT2D eigenvalue weighted by Crippen LogP contribution is 2.24. The average molecular weight is 479 g/mol. The number of likely N-dealkylation sites (N-methyl/N-ethyl adjacent to an activating group) is 1. The third-order valence-corrected chi connectivity index (χ3v) is 5.67. The fourth-order valence-electron chi connectivity index (χ4n) is 3.67. The zero-order chi connectivity index (χ0) is 23.9. The Morgan fingerprint density at radius 1 is 1.38 bits per heavy atom. The SMILES string of the molecule is CN(C)C/C=C/C(=O)N1CCC(Nc2ncnc3[nH]c(C#CCOc4ccccc4Cl)cc23)C1. The number of H-pyrrole nitrogens is 1. The van der Waals surface area contributed by atoms with Crippen LogP contribution in [0.25, 0.3) is 11.0 Å². The number of halogens is 1. The van der Waals surface area contributed by atoms with E-state index in [-0.39, 0.29) is 18.6 Å². The monoisotopic (exact) mass is 478 g/mol. The summed E-state index contributed by atoms with van der Waals surface area (Å²) >= 11 is 6.09. The number of aromatic amines is 1. The average Bonchev–Trinajstić information content (AvgIpc) is 3.45. The molecular formula is C25H27ClN6O2. The molecule has 0 radical (unpaired) electrons. The number of fused-ring (bicyclic) bond motifs is 1. The third-order valence-electron chi connectivity index (χ3n) is 5.36. The molecule has 1 aliphatic rings. The number of hydrogen-bond donors (Lipinski definition) is 2. The summed E-state index contributed by atoms with van der Waals surface area (Å²) in [5.41, 5.74) is 1.42. The summed E-state index contributed by atoms with van der Waals surface area (Å²) in [5, 5.41) is 4.88. The summed E-state index contributed by atoms with van der Waals surface area (Å²) < 4.78 is 5.61. The maximum atomic E-state index is 12.4. The van der Waals surface area contributed by atoms with Crippen LogP contribution in [0.2, 0.25) is 5.02 Å². The number of likely N-dealkylation sites (tertiary alicyclic amines) is 1.